The summed E-state index contributed by atoms with van der Waals surface area (Å²) in [5.74, 6) is 0.882. The van der Waals surface area contributed by atoms with Gasteiger partial charge in [0, 0.05) is 18.2 Å². The molecule has 5 nitrogen and oxygen atoms in total. The van der Waals surface area contributed by atoms with Crippen molar-refractivity contribution < 1.29 is 9.53 Å². The minimum atomic E-state index is 0.0434. The van der Waals surface area contributed by atoms with Gasteiger partial charge in [0.05, 0.1) is 12.3 Å². The zero-order valence-corrected chi connectivity index (χ0v) is 13.7. The van der Waals surface area contributed by atoms with E-state index >= 15 is 0 Å². The molecule has 1 N–H and O–H groups in total. The number of nitrogens with zero attached hydrogens (tertiary/aromatic N) is 2. The van der Waals surface area contributed by atoms with Gasteiger partial charge in [0.2, 0.25) is 0 Å². The largest absolute Gasteiger partial charge is 0.494 e. The summed E-state index contributed by atoms with van der Waals surface area (Å²) in [6.45, 7) is 5.55. The van der Waals surface area contributed by atoms with Crippen molar-refractivity contribution in [2.24, 2.45) is 0 Å². The van der Waals surface area contributed by atoms with Gasteiger partial charge in [-0.15, -0.1) is 0 Å². The second-order valence-electron chi connectivity index (χ2n) is 5.97. The molecule has 122 valence electrons. The summed E-state index contributed by atoms with van der Waals surface area (Å²) < 4.78 is 5.44. The van der Waals surface area contributed by atoms with Gasteiger partial charge in [-0.25, -0.2) is 0 Å². The zero-order chi connectivity index (χ0) is 16.2. The second-order valence-corrected chi connectivity index (χ2v) is 5.97. The van der Waals surface area contributed by atoms with E-state index in [9.17, 15) is 4.79 Å². The van der Waals surface area contributed by atoms with Crippen molar-refractivity contribution in [3.63, 3.8) is 0 Å². The molecule has 0 aliphatic carbocycles. The van der Waals surface area contributed by atoms with E-state index in [1.807, 2.05) is 42.2 Å². The van der Waals surface area contributed by atoms with Gasteiger partial charge in [-0.05, 0) is 63.4 Å². The van der Waals surface area contributed by atoms with Gasteiger partial charge in [0.15, 0.2) is 0 Å². The highest BCUT2D eigenvalue weighted by Crippen LogP contribution is 2.23. The van der Waals surface area contributed by atoms with Crippen LogP contribution in [0.25, 0.3) is 11.3 Å². The van der Waals surface area contributed by atoms with Crippen molar-refractivity contribution in [2.45, 2.75) is 39.2 Å². The van der Waals surface area contributed by atoms with E-state index in [4.69, 9.17) is 4.74 Å². The molecule has 2 heterocycles. The molecule has 0 radical (unpaired) electrons. The Morgan fingerprint density at radius 1 is 1.35 bits per heavy atom. The lowest BCUT2D eigenvalue weighted by Crippen LogP contribution is -2.42. The van der Waals surface area contributed by atoms with Gasteiger partial charge in [-0.2, -0.15) is 5.10 Å². The van der Waals surface area contributed by atoms with E-state index in [1.54, 1.807) is 0 Å². The number of aromatic nitrogens is 2. The van der Waals surface area contributed by atoms with E-state index in [0.717, 1.165) is 36.4 Å². The van der Waals surface area contributed by atoms with Crippen LogP contribution in [0.5, 0.6) is 5.75 Å². The molecule has 1 saturated heterocycles. The molecule has 1 atom stereocenters. The maximum atomic E-state index is 12.6. The summed E-state index contributed by atoms with van der Waals surface area (Å²) in [6.07, 6.45) is 3.35. The number of benzene rings is 1. The van der Waals surface area contributed by atoms with Gasteiger partial charge >= 0.3 is 0 Å². The van der Waals surface area contributed by atoms with Crippen LogP contribution >= 0.6 is 0 Å². The van der Waals surface area contributed by atoms with Crippen LogP contribution in [-0.4, -0.2) is 40.2 Å². The maximum Gasteiger partial charge on any atom is 0.272 e. The molecule has 0 saturated carbocycles. The molecule has 5 heteroatoms. The Labute approximate surface area is 136 Å². The number of ether oxygens (including phenoxy) is 1. The van der Waals surface area contributed by atoms with Crippen LogP contribution in [0.2, 0.25) is 0 Å². The highest BCUT2D eigenvalue weighted by molar-refractivity contribution is 5.93. The third-order valence-electron chi connectivity index (χ3n) is 4.33. The molecule has 1 fully saturated rings. The lowest BCUT2D eigenvalue weighted by atomic mass is 10.0. The number of aromatic amines is 1. The Morgan fingerprint density at radius 3 is 2.83 bits per heavy atom. The van der Waals surface area contributed by atoms with E-state index in [1.165, 1.54) is 6.42 Å². The number of hydrogen-bond acceptors (Lipinski definition) is 3. The zero-order valence-electron chi connectivity index (χ0n) is 13.7. The molecule has 1 aliphatic rings. The SMILES string of the molecule is CCOc1ccc(-c2cc(C(=O)N3CCCC[C@@H]3C)[nH]n2)cc1. The number of H-pyrrole nitrogens is 1. The monoisotopic (exact) mass is 313 g/mol. The first-order chi connectivity index (χ1) is 11.2. The van der Waals surface area contributed by atoms with Crippen LogP contribution in [0.1, 0.15) is 43.6 Å². The Kier molecular flexibility index (Phi) is 4.65. The van der Waals surface area contributed by atoms with Crippen molar-refractivity contribution in [1.29, 1.82) is 0 Å². The highest BCUT2D eigenvalue weighted by atomic mass is 16.5. The van der Waals surface area contributed by atoms with Crippen molar-refractivity contribution in [3.8, 4) is 17.0 Å². The Balaban J connectivity index is 1.75. The molecule has 0 bridgehead atoms. The fourth-order valence-electron chi connectivity index (χ4n) is 3.02. The number of hydrogen-bond donors (Lipinski definition) is 1. The van der Waals surface area contributed by atoms with Crippen LogP contribution in [0.4, 0.5) is 0 Å². The minimum Gasteiger partial charge on any atom is -0.494 e. The molecule has 0 spiro atoms. The quantitative estimate of drug-likeness (QED) is 0.940. The smallest absolute Gasteiger partial charge is 0.272 e. The fraction of sp³-hybridized carbons (Fsp3) is 0.444. The first kappa shape index (κ1) is 15.6. The summed E-state index contributed by atoms with van der Waals surface area (Å²) >= 11 is 0. The molecule has 3 rings (SSSR count). The molecule has 1 aliphatic heterocycles. The molecule has 0 unspecified atom stereocenters. The number of nitrogens with one attached hydrogen (secondary N) is 1. The van der Waals surface area contributed by atoms with Crippen molar-refractivity contribution >= 4 is 5.91 Å². The number of likely N-dealkylation sites (tertiary alicyclic amines) is 1. The lowest BCUT2D eigenvalue weighted by Gasteiger charge is -2.32. The van der Waals surface area contributed by atoms with E-state index in [2.05, 4.69) is 17.1 Å². The topological polar surface area (TPSA) is 58.2 Å². The molecule has 1 amide bonds. The Morgan fingerprint density at radius 2 is 2.13 bits per heavy atom. The van der Waals surface area contributed by atoms with Crippen LogP contribution in [0.15, 0.2) is 30.3 Å². The average molecular weight is 313 g/mol. The van der Waals surface area contributed by atoms with Crippen molar-refractivity contribution in [3.05, 3.63) is 36.0 Å². The summed E-state index contributed by atoms with van der Waals surface area (Å²) in [6, 6.07) is 9.88. The van der Waals surface area contributed by atoms with Crippen LogP contribution in [-0.2, 0) is 0 Å². The second kappa shape index (κ2) is 6.86. The van der Waals surface area contributed by atoms with Gasteiger partial charge < -0.3 is 9.64 Å². The Bertz CT molecular complexity index is 663. The molecule has 1 aromatic heterocycles. The minimum absolute atomic E-state index is 0.0434. The number of piperidine rings is 1. The van der Waals surface area contributed by atoms with Crippen LogP contribution in [0.3, 0.4) is 0 Å². The highest BCUT2D eigenvalue weighted by Gasteiger charge is 2.25. The summed E-state index contributed by atoms with van der Waals surface area (Å²) in [4.78, 5) is 14.6. The number of carbonyl (C=O) groups is 1. The third kappa shape index (κ3) is 3.38. The molecule has 1 aromatic carbocycles. The molecular formula is C18H23N3O2. The van der Waals surface area contributed by atoms with Gasteiger partial charge in [-0.1, -0.05) is 0 Å². The van der Waals surface area contributed by atoms with Crippen molar-refractivity contribution in [1.82, 2.24) is 15.1 Å². The first-order valence-corrected chi connectivity index (χ1v) is 8.28. The van der Waals surface area contributed by atoms with Gasteiger partial charge in [0.25, 0.3) is 5.91 Å². The van der Waals surface area contributed by atoms with E-state index in [0.29, 0.717) is 18.3 Å². The van der Waals surface area contributed by atoms with Crippen LogP contribution < -0.4 is 4.74 Å². The summed E-state index contributed by atoms with van der Waals surface area (Å²) in [5.41, 5.74) is 2.30. The maximum absolute atomic E-state index is 12.6. The number of rotatable bonds is 4. The Hall–Kier alpha value is -2.30. The average Bonchev–Trinajstić information content (AvgIpc) is 3.06. The van der Waals surface area contributed by atoms with E-state index in [-0.39, 0.29) is 5.91 Å². The first-order valence-electron chi connectivity index (χ1n) is 8.28. The predicted molar refractivity (Wildman–Crippen MR) is 89.5 cm³/mol. The van der Waals surface area contributed by atoms with Crippen LogP contribution in [0, 0.1) is 0 Å². The molecule has 23 heavy (non-hydrogen) atoms. The van der Waals surface area contributed by atoms with Gasteiger partial charge in [-0.3, -0.25) is 9.89 Å². The molecular weight excluding hydrogens is 290 g/mol. The lowest BCUT2D eigenvalue weighted by molar-refractivity contribution is 0.0629. The number of carbonyl (C=O) groups excluding carboxylic acids is 1. The normalized spacial score (nSPS) is 18.0. The van der Waals surface area contributed by atoms with E-state index < -0.39 is 0 Å². The third-order valence-corrected chi connectivity index (χ3v) is 4.33. The number of amides is 1. The standard InChI is InChI=1S/C18H23N3O2/c1-3-23-15-9-7-14(8-10-15)16-12-17(20-19-16)18(22)21-11-5-4-6-13(21)2/h7-10,12-13H,3-6,11H2,1-2H3,(H,19,20)/t13-/m0/s1. The summed E-state index contributed by atoms with van der Waals surface area (Å²) in [5, 5.41) is 7.18. The van der Waals surface area contributed by atoms with Gasteiger partial charge in [0.1, 0.15) is 11.4 Å². The fourth-order valence-corrected chi connectivity index (χ4v) is 3.02. The molecule has 2 aromatic rings. The summed E-state index contributed by atoms with van der Waals surface area (Å²) in [7, 11) is 0. The van der Waals surface area contributed by atoms with Crippen molar-refractivity contribution in [2.75, 3.05) is 13.2 Å². The predicted octanol–water partition coefficient (Wildman–Crippen LogP) is 3.49.